The molecule has 0 bridgehead atoms. The van der Waals surface area contributed by atoms with E-state index in [4.69, 9.17) is 9.47 Å². The van der Waals surface area contributed by atoms with Gasteiger partial charge in [0.05, 0.1) is 11.2 Å². The van der Waals surface area contributed by atoms with E-state index in [0.29, 0.717) is 23.6 Å². The van der Waals surface area contributed by atoms with Gasteiger partial charge in [-0.15, -0.1) is 0 Å². The van der Waals surface area contributed by atoms with E-state index in [1.54, 1.807) is 19.2 Å². The molecule has 0 fully saturated rings. The summed E-state index contributed by atoms with van der Waals surface area (Å²) in [6.45, 7) is 0.441. The number of carbonyl (C=O) groups excluding carboxylic acids is 1. The van der Waals surface area contributed by atoms with E-state index < -0.39 is 5.60 Å². The fraction of sp³-hybridized carbons (Fsp3) is 0.208. The zero-order chi connectivity index (χ0) is 19.4. The second-order valence-corrected chi connectivity index (χ2v) is 7.10. The summed E-state index contributed by atoms with van der Waals surface area (Å²) in [4.78, 5) is 12.9. The monoisotopic (exact) mass is 373 g/mol. The van der Waals surface area contributed by atoms with Gasteiger partial charge in [0.1, 0.15) is 11.5 Å². The van der Waals surface area contributed by atoms with Crippen LogP contribution in [0.1, 0.15) is 21.5 Å². The van der Waals surface area contributed by atoms with Gasteiger partial charge in [0.15, 0.2) is 0 Å². The van der Waals surface area contributed by atoms with E-state index in [9.17, 15) is 4.79 Å². The summed E-state index contributed by atoms with van der Waals surface area (Å²) < 4.78 is 11.8. The summed E-state index contributed by atoms with van der Waals surface area (Å²) in [5.74, 6) is 1.06. The van der Waals surface area contributed by atoms with Gasteiger partial charge in [0, 0.05) is 26.5 Å². The van der Waals surface area contributed by atoms with Crippen molar-refractivity contribution in [3.05, 3.63) is 95.6 Å². The van der Waals surface area contributed by atoms with Crippen LogP contribution in [0.2, 0.25) is 0 Å². The first-order valence-electron chi connectivity index (χ1n) is 9.41. The standard InChI is InChI=1S/C24H23NO3/c1-27-24(15-18-9-5-6-10-19(18)16-24)17-25-23(26)21-13-7-8-14-22(21)28-20-11-3-2-4-12-20/h2-14H,15-17H2,1H3,(H,25,26). The number of ether oxygens (including phenoxy) is 2. The number of rotatable bonds is 6. The Balaban J connectivity index is 1.47. The van der Waals surface area contributed by atoms with Crippen molar-refractivity contribution < 1.29 is 14.3 Å². The predicted molar refractivity (Wildman–Crippen MR) is 109 cm³/mol. The smallest absolute Gasteiger partial charge is 0.255 e. The van der Waals surface area contributed by atoms with Crippen molar-refractivity contribution in [1.82, 2.24) is 5.32 Å². The molecule has 3 aromatic rings. The first-order chi connectivity index (χ1) is 13.7. The topological polar surface area (TPSA) is 47.6 Å². The first kappa shape index (κ1) is 18.3. The van der Waals surface area contributed by atoms with E-state index in [1.807, 2.05) is 54.6 Å². The molecule has 0 aliphatic heterocycles. The summed E-state index contributed by atoms with van der Waals surface area (Å²) >= 11 is 0. The van der Waals surface area contributed by atoms with Gasteiger partial charge in [-0.3, -0.25) is 4.79 Å². The zero-order valence-electron chi connectivity index (χ0n) is 15.9. The average Bonchev–Trinajstić information content (AvgIpc) is 3.12. The molecule has 0 atom stereocenters. The van der Waals surface area contributed by atoms with Crippen LogP contribution in [-0.4, -0.2) is 25.2 Å². The molecule has 4 rings (SSSR count). The van der Waals surface area contributed by atoms with Crippen LogP contribution in [0.5, 0.6) is 11.5 Å². The third-order valence-corrected chi connectivity index (χ3v) is 5.25. The molecule has 0 radical (unpaired) electrons. The predicted octanol–water partition coefficient (Wildman–Crippen LogP) is 4.39. The minimum atomic E-state index is -0.408. The molecule has 1 N–H and O–H groups in total. The van der Waals surface area contributed by atoms with Gasteiger partial charge in [0.2, 0.25) is 0 Å². The maximum absolute atomic E-state index is 12.9. The van der Waals surface area contributed by atoms with Crippen molar-refractivity contribution in [1.29, 1.82) is 0 Å². The number of fused-ring (bicyclic) bond motifs is 1. The highest BCUT2D eigenvalue weighted by atomic mass is 16.5. The fourth-order valence-corrected chi connectivity index (χ4v) is 3.70. The minimum Gasteiger partial charge on any atom is -0.457 e. The van der Waals surface area contributed by atoms with Crippen LogP contribution in [0.15, 0.2) is 78.9 Å². The van der Waals surface area contributed by atoms with Crippen LogP contribution in [-0.2, 0) is 17.6 Å². The summed E-state index contributed by atoms with van der Waals surface area (Å²) in [7, 11) is 1.71. The highest BCUT2D eigenvalue weighted by molar-refractivity contribution is 5.97. The van der Waals surface area contributed by atoms with Crippen molar-refractivity contribution in [2.24, 2.45) is 0 Å². The Morgan fingerprint density at radius 2 is 1.50 bits per heavy atom. The molecule has 0 saturated carbocycles. The molecule has 4 nitrogen and oxygen atoms in total. The molecule has 142 valence electrons. The van der Waals surface area contributed by atoms with E-state index in [-0.39, 0.29) is 5.91 Å². The average molecular weight is 373 g/mol. The molecule has 0 aromatic heterocycles. The Morgan fingerprint density at radius 3 is 2.18 bits per heavy atom. The second-order valence-electron chi connectivity index (χ2n) is 7.10. The molecule has 28 heavy (non-hydrogen) atoms. The summed E-state index contributed by atoms with van der Waals surface area (Å²) in [5, 5.41) is 3.05. The lowest BCUT2D eigenvalue weighted by Gasteiger charge is -2.28. The van der Waals surface area contributed by atoms with Gasteiger partial charge in [-0.1, -0.05) is 54.6 Å². The maximum atomic E-state index is 12.9. The zero-order valence-corrected chi connectivity index (χ0v) is 15.9. The summed E-state index contributed by atoms with van der Waals surface area (Å²) in [6.07, 6.45) is 1.59. The van der Waals surface area contributed by atoms with Gasteiger partial charge >= 0.3 is 0 Å². The highest BCUT2D eigenvalue weighted by Gasteiger charge is 2.37. The number of nitrogens with one attached hydrogen (secondary N) is 1. The Morgan fingerprint density at radius 1 is 0.893 bits per heavy atom. The van der Waals surface area contributed by atoms with Crippen molar-refractivity contribution in [3.8, 4) is 11.5 Å². The van der Waals surface area contributed by atoms with Crippen LogP contribution < -0.4 is 10.1 Å². The van der Waals surface area contributed by atoms with Crippen LogP contribution in [0.25, 0.3) is 0 Å². The Kier molecular flexibility index (Phi) is 5.13. The molecule has 0 saturated heterocycles. The third kappa shape index (κ3) is 3.78. The molecule has 0 spiro atoms. The van der Waals surface area contributed by atoms with Gasteiger partial charge in [-0.2, -0.15) is 0 Å². The molecule has 1 aliphatic carbocycles. The fourth-order valence-electron chi connectivity index (χ4n) is 3.70. The number of carbonyl (C=O) groups is 1. The number of hydrogen-bond donors (Lipinski definition) is 1. The number of benzene rings is 3. The van der Waals surface area contributed by atoms with Crippen LogP contribution in [0.3, 0.4) is 0 Å². The van der Waals surface area contributed by atoms with E-state index >= 15 is 0 Å². The SMILES string of the molecule is COC1(CNC(=O)c2ccccc2Oc2ccccc2)Cc2ccccc2C1. The number of hydrogen-bond acceptors (Lipinski definition) is 3. The quantitative estimate of drug-likeness (QED) is 0.697. The van der Waals surface area contributed by atoms with E-state index in [0.717, 1.165) is 12.8 Å². The molecule has 3 aromatic carbocycles. The molecular formula is C24H23NO3. The van der Waals surface area contributed by atoms with E-state index in [1.165, 1.54) is 11.1 Å². The molecule has 1 aliphatic rings. The Hall–Kier alpha value is -3.11. The van der Waals surface area contributed by atoms with Crippen molar-refractivity contribution in [2.75, 3.05) is 13.7 Å². The van der Waals surface area contributed by atoms with Gasteiger partial charge in [-0.25, -0.2) is 0 Å². The van der Waals surface area contributed by atoms with Crippen LogP contribution >= 0.6 is 0 Å². The lowest BCUT2D eigenvalue weighted by molar-refractivity contribution is 0.000158. The first-order valence-corrected chi connectivity index (χ1v) is 9.41. The third-order valence-electron chi connectivity index (χ3n) is 5.25. The second kappa shape index (κ2) is 7.87. The molecule has 1 amide bonds. The minimum absolute atomic E-state index is 0.168. The van der Waals surface area contributed by atoms with Gasteiger partial charge in [0.25, 0.3) is 5.91 Å². The largest absolute Gasteiger partial charge is 0.457 e. The Bertz CT molecular complexity index is 943. The lowest BCUT2D eigenvalue weighted by atomic mass is 10.00. The highest BCUT2D eigenvalue weighted by Crippen LogP contribution is 2.32. The van der Waals surface area contributed by atoms with Crippen LogP contribution in [0, 0.1) is 0 Å². The number of amides is 1. The van der Waals surface area contributed by atoms with Crippen LogP contribution in [0.4, 0.5) is 0 Å². The van der Waals surface area contributed by atoms with Crippen molar-refractivity contribution in [2.45, 2.75) is 18.4 Å². The summed E-state index contributed by atoms with van der Waals surface area (Å²) in [5.41, 5.74) is 2.67. The molecular weight excluding hydrogens is 350 g/mol. The maximum Gasteiger partial charge on any atom is 0.255 e. The number of methoxy groups -OCH3 is 1. The lowest BCUT2D eigenvalue weighted by Crippen LogP contribution is -2.45. The molecule has 0 heterocycles. The van der Waals surface area contributed by atoms with E-state index in [2.05, 4.69) is 17.4 Å². The van der Waals surface area contributed by atoms with Gasteiger partial charge in [-0.05, 0) is 35.4 Å². The normalized spacial score (nSPS) is 14.3. The van der Waals surface area contributed by atoms with Crippen molar-refractivity contribution in [3.63, 3.8) is 0 Å². The molecule has 4 heteroatoms. The Labute approximate surface area is 165 Å². The number of para-hydroxylation sites is 2. The molecule has 0 unspecified atom stereocenters. The van der Waals surface area contributed by atoms with Gasteiger partial charge < -0.3 is 14.8 Å². The summed E-state index contributed by atoms with van der Waals surface area (Å²) in [6, 6.07) is 25.1. The van der Waals surface area contributed by atoms with Crippen molar-refractivity contribution >= 4 is 5.91 Å².